The fourth-order valence-corrected chi connectivity index (χ4v) is 4.18. The van der Waals surface area contributed by atoms with Crippen molar-refractivity contribution in [1.82, 2.24) is 0 Å². The minimum absolute atomic E-state index is 0.314. The van der Waals surface area contributed by atoms with Crippen molar-refractivity contribution < 1.29 is 19.0 Å². The monoisotopic (exact) mass is 520 g/mol. The molecular weight excluding hydrogens is 484 g/mol. The van der Waals surface area contributed by atoms with E-state index < -0.39 is 0 Å². The van der Waals surface area contributed by atoms with Gasteiger partial charge in [-0.25, -0.2) is 4.79 Å². The Morgan fingerprint density at radius 2 is 1.15 bits per heavy atom. The quantitative estimate of drug-likeness (QED) is 0.0817. The zero-order valence-corrected chi connectivity index (χ0v) is 22.9. The van der Waals surface area contributed by atoms with Crippen molar-refractivity contribution in [3.8, 4) is 23.3 Å². The van der Waals surface area contributed by atoms with Crippen LogP contribution >= 0.6 is 0 Å². The van der Waals surface area contributed by atoms with E-state index in [1.54, 1.807) is 6.92 Å². The van der Waals surface area contributed by atoms with Gasteiger partial charge in [-0.2, -0.15) is 0 Å². The van der Waals surface area contributed by atoms with Crippen LogP contribution < -0.4 is 9.47 Å². The van der Waals surface area contributed by atoms with Gasteiger partial charge in [0.25, 0.3) is 0 Å². The van der Waals surface area contributed by atoms with Crippen LogP contribution in [0.25, 0.3) is 21.5 Å². The maximum Gasteiger partial charge on any atom is 0.333 e. The van der Waals surface area contributed by atoms with E-state index in [4.69, 9.17) is 14.2 Å². The van der Waals surface area contributed by atoms with E-state index in [-0.39, 0.29) is 5.97 Å². The summed E-state index contributed by atoms with van der Waals surface area (Å²) in [7, 11) is 0. The molecule has 0 atom stereocenters. The Kier molecular flexibility index (Phi) is 10.0. The van der Waals surface area contributed by atoms with Crippen molar-refractivity contribution in [3.63, 3.8) is 0 Å². The van der Waals surface area contributed by atoms with Gasteiger partial charge in [-0.3, -0.25) is 0 Å². The van der Waals surface area contributed by atoms with Crippen molar-refractivity contribution in [2.24, 2.45) is 0 Å². The van der Waals surface area contributed by atoms with E-state index >= 15 is 0 Å². The molecule has 0 amide bonds. The fourth-order valence-electron chi connectivity index (χ4n) is 4.18. The SMILES string of the molecule is C=C(C)C(=O)OCCCCCCOc1ccc2cc(C#Cc3ccc4cc(OCCC)ccc4c3)ccc2c1. The molecule has 0 bridgehead atoms. The number of benzene rings is 4. The molecule has 0 radical (unpaired) electrons. The molecule has 4 rings (SSSR count). The molecule has 4 aromatic rings. The molecule has 0 aliphatic heterocycles. The Labute approximate surface area is 231 Å². The molecule has 0 unspecified atom stereocenters. The van der Waals surface area contributed by atoms with Crippen LogP contribution in [0, 0.1) is 11.8 Å². The van der Waals surface area contributed by atoms with Crippen molar-refractivity contribution in [3.05, 3.63) is 96.1 Å². The van der Waals surface area contributed by atoms with E-state index in [1.807, 2.05) is 12.1 Å². The van der Waals surface area contributed by atoms with Gasteiger partial charge in [0, 0.05) is 16.7 Å². The summed E-state index contributed by atoms with van der Waals surface area (Å²) in [6.45, 7) is 9.19. The fraction of sp³-hybridized carbons (Fsp3) is 0.286. The van der Waals surface area contributed by atoms with Crippen molar-refractivity contribution >= 4 is 27.5 Å². The van der Waals surface area contributed by atoms with Gasteiger partial charge < -0.3 is 14.2 Å². The summed E-state index contributed by atoms with van der Waals surface area (Å²) in [5, 5.41) is 4.57. The Morgan fingerprint density at radius 1 is 0.667 bits per heavy atom. The first kappa shape index (κ1) is 27.8. The third kappa shape index (κ3) is 8.38. The summed E-state index contributed by atoms with van der Waals surface area (Å²) in [5.41, 5.74) is 2.41. The van der Waals surface area contributed by atoms with Crippen molar-refractivity contribution in [2.75, 3.05) is 19.8 Å². The summed E-state index contributed by atoms with van der Waals surface area (Å²) in [4.78, 5) is 11.4. The van der Waals surface area contributed by atoms with Crippen LogP contribution in [0.4, 0.5) is 0 Å². The van der Waals surface area contributed by atoms with Crippen LogP contribution in [0.2, 0.25) is 0 Å². The first-order chi connectivity index (χ1) is 19.0. The summed E-state index contributed by atoms with van der Waals surface area (Å²) in [6, 6.07) is 24.9. The van der Waals surface area contributed by atoms with Gasteiger partial charge in [-0.05, 0) is 109 Å². The number of unbranched alkanes of at least 4 members (excludes halogenated alkanes) is 3. The number of fused-ring (bicyclic) bond motifs is 2. The number of hydrogen-bond donors (Lipinski definition) is 0. The van der Waals surface area contributed by atoms with Gasteiger partial charge in [0.2, 0.25) is 0 Å². The second-order valence-corrected chi connectivity index (χ2v) is 9.72. The number of hydrogen-bond acceptors (Lipinski definition) is 4. The minimum Gasteiger partial charge on any atom is -0.494 e. The molecule has 39 heavy (non-hydrogen) atoms. The van der Waals surface area contributed by atoms with E-state index in [9.17, 15) is 4.79 Å². The summed E-state index contributed by atoms with van der Waals surface area (Å²) in [5.74, 6) is 8.08. The smallest absolute Gasteiger partial charge is 0.333 e. The van der Waals surface area contributed by atoms with Crippen LogP contribution in [0.3, 0.4) is 0 Å². The molecule has 0 fully saturated rings. The topological polar surface area (TPSA) is 44.8 Å². The van der Waals surface area contributed by atoms with Crippen LogP contribution in [0.5, 0.6) is 11.5 Å². The highest BCUT2D eigenvalue weighted by Crippen LogP contribution is 2.24. The Balaban J connectivity index is 1.28. The second-order valence-electron chi connectivity index (χ2n) is 9.72. The average Bonchev–Trinajstić information content (AvgIpc) is 2.95. The van der Waals surface area contributed by atoms with Crippen LogP contribution in [-0.4, -0.2) is 25.8 Å². The summed E-state index contributed by atoms with van der Waals surface area (Å²) >= 11 is 0. The van der Waals surface area contributed by atoms with Crippen LogP contribution in [-0.2, 0) is 9.53 Å². The predicted molar refractivity (Wildman–Crippen MR) is 159 cm³/mol. The molecule has 0 aliphatic rings. The molecule has 200 valence electrons. The largest absolute Gasteiger partial charge is 0.494 e. The molecular formula is C35H36O4. The van der Waals surface area contributed by atoms with Crippen LogP contribution in [0.15, 0.2) is 84.9 Å². The molecule has 0 saturated carbocycles. The normalized spacial score (nSPS) is 10.6. The van der Waals surface area contributed by atoms with Crippen molar-refractivity contribution in [1.29, 1.82) is 0 Å². The summed E-state index contributed by atoms with van der Waals surface area (Å²) < 4.78 is 16.8. The molecule has 0 saturated heterocycles. The highest BCUT2D eigenvalue weighted by atomic mass is 16.5. The number of ether oxygens (including phenoxy) is 3. The molecule has 4 heteroatoms. The number of rotatable bonds is 12. The lowest BCUT2D eigenvalue weighted by atomic mass is 10.0. The lowest BCUT2D eigenvalue weighted by molar-refractivity contribution is -0.139. The lowest BCUT2D eigenvalue weighted by Crippen LogP contribution is -2.06. The first-order valence-electron chi connectivity index (χ1n) is 13.7. The van der Waals surface area contributed by atoms with Gasteiger partial charge in [0.05, 0.1) is 19.8 Å². The predicted octanol–water partition coefficient (Wildman–Crippen LogP) is 8.24. The highest BCUT2D eigenvalue weighted by Gasteiger charge is 2.03. The van der Waals surface area contributed by atoms with Crippen LogP contribution in [0.1, 0.15) is 57.1 Å². The van der Waals surface area contributed by atoms with Crippen molar-refractivity contribution in [2.45, 2.75) is 46.0 Å². The zero-order valence-electron chi connectivity index (χ0n) is 22.9. The van der Waals surface area contributed by atoms with Gasteiger partial charge in [0.15, 0.2) is 0 Å². The van der Waals surface area contributed by atoms with E-state index in [0.717, 1.165) is 82.9 Å². The molecule has 4 aromatic carbocycles. The highest BCUT2D eigenvalue weighted by molar-refractivity contribution is 5.87. The standard InChI is InChI=1S/C35H36O4/c1-4-19-37-33-17-15-29-22-27(11-13-31(29)24-33)9-10-28-12-14-32-25-34(18-16-30(32)23-28)38-20-7-5-6-8-21-39-35(36)26(2)3/h11-18,22-25H,2,4-8,19-21H2,1,3H3. The van der Waals surface area contributed by atoms with Gasteiger partial charge in [-0.1, -0.05) is 49.6 Å². The molecule has 0 heterocycles. The van der Waals surface area contributed by atoms with Gasteiger partial charge in [-0.15, -0.1) is 0 Å². The average molecular weight is 521 g/mol. The van der Waals surface area contributed by atoms with E-state index in [1.165, 1.54) is 0 Å². The Hall–Kier alpha value is -4.23. The van der Waals surface area contributed by atoms with Gasteiger partial charge in [0.1, 0.15) is 11.5 Å². The molecule has 0 N–H and O–H groups in total. The van der Waals surface area contributed by atoms with E-state index in [2.05, 4.69) is 86.0 Å². The molecule has 0 aliphatic carbocycles. The third-order valence-corrected chi connectivity index (χ3v) is 6.34. The third-order valence-electron chi connectivity index (χ3n) is 6.34. The maximum absolute atomic E-state index is 11.4. The molecule has 0 spiro atoms. The van der Waals surface area contributed by atoms with Gasteiger partial charge >= 0.3 is 5.97 Å². The Bertz CT molecular complexity index is 1510. The number of carbonyl (C=O) groups is 1. The zero-order chi connectivity index (χ0) is 27.5. The first-order valence-corrected chi connectivity index (χ1v) is 13.7. The minimum atomic E-state index is -0.314. The summed E-state index contributed by atoms with van der Waals surface area (Å²) in [6.07, 6.45) is 4.85. The molecule has 0 aromatic heterocycles. The lowest BCUT2D eigenvalue weighted by Gasteiger charge is -2.08. The second kappa shape index (κ2) is 14.1. The Morgan fingerprint density at radius 3 is 1.69 bits per heavy atom. The maximum atomic E-state index is 11.4. The number of carbonyl (C=O) groups excluding carboxylic acids is 1. The van der Waals surface area contributed by atoms with E-state index in [0.29, 0.717) is 18.8 Å². The number of esters is 1. The molecule has 4 nitrogen and oxygen atoms in total.